The molecule has 0 radical (unpaired) electrons. The minimum Gasteiger partial charge on any atom is -0.488 e. The fourth-order valence-corrected chi connectivity index (χ4v) is 8.95. The fraction of sp³-hybridized carbons (Fsp3) is 0.442. The number of hydrogen-bond acceptors (Lipinski definition) is 10. The maximum Gasteiger partial charge on any atom is 0.409 e. The molecule has 0 unspecified atom stereocenters. The Kier molecular flexibility index (Phi) is 11.3. The number of aromatic nitrogens is 4. The number of nitrogens with one attached hydrogen (secondary N) is 4. The van der Waals surface area contributed by atoms with Gasteiger partial charge in [0.1, 0.15) is 30.0 Å². The van der Waals surface area contributed by atoms with Gasteiger partial charge in [0.15, 0.2) is 0 Å². The van der Waals surface area contributed by atoms with Crippen molar-refractivity contribution in [1.82, 2.24) is 40.4 Å². The average molecular weight is 843 g/mol. The Morgan fingerprint density at radius 2 is 1.52 bits per heavy atom. The normalized spacial score (nSPS) is 20.7. The molecular formula is C43H48F2N8O8. The maximum atomic E-state index is 13.8. The Morgan fingerprint density at radius 1 is 0.836 bits per heavy atom. The van der Waals surface area contributed by atoms with E-state index >= 15 is 0 Å². The van der Waals surface area contributed by atoms with E-state index in [-0.39, 0.29) is 30.0 Å². The summed E-state index contributed by atoms with van der Waals surface area (Å²) in [5, 5.41) is 6.51. The number of H-pyrrole nitrogens is 2. The first-order valence-electron chi connectivity index (χ1n) is 20.3. The highest BCUT2D eigenvalue weighted by atomic mass is 19.3. The van der Waals surface area contributed by atoms with E-state index in [2.05, 4.69) is 48.3 Å². The molecule has 0 aliphatic carbocycles. The Morgan fingerprint density at radius 3 is 2.21 bits per heavy atom. The Hall–Kier alpha value is -6.30. The number of alkyl halides is 2. The van der Waals surface area contributed by atoms with Crippen molar-refractivity contribution in [2.24, 2.45) is 5.92 Å². The van der Waals surface area contributed by atoms with E-state index < -0.39 is 43.0 Å². The minimum atomic E-state index is -3.31. The highest BCUT2D eigenvalue weighted by molar-refractivity contribution is 6.07. The number of methoxy groups -OCH3 is 2. The number of amides is 4. The summed E-state index contributed by atoms with van der Waals surface area (Å²) in [6, 6.07) is 12.1. The number of aromatic amines is 2. The van der Waals surface area contributed by atoms with E-state index in [1.807, 2.05) is 49.9 Å². The molecular weight excluding hydrogens is 795 g/mol. The molecule has 5 heterocycles. The van der Waals surface area contributed by atoms with Crippen molar-refractivity contribution < 1.29 is 46.9 Å². The van der Waals surface area contributed by atoms with Gasteiger partial charge in [-0.25, -0.2) is 19.6 Å². The zero-order valence-electron chi connectivity index (χ0n) is 34.6. The molecule has 2 fully saturated rings. The van der Waals surface area contributed by atoms with Crippen LogP contribution in [-0.4, -0.2) is 98.9 Å². The molecule has 4 N–H and O–H groups in total. The lowest BCUT2D eigenvalue weighted by atomic mass is 9.92. The second-order valence-electron chi connectivity index (χ2n) is 16.1. The number of nitrogens with zero attached hydrogens (tertiary/aromatic N) is 4. The first-order valence-corrected chi connectivity index (χ1v) is 20.3. The fourth-order valence-electron chi connectivity index (χ4n) is 8.95. The van der Waals surface area contributed by atoms with Crippen LogP contribution in [0.1, 0.15) is 82.7 Å². The van der Waals surface area contributed by atoms with Crippen LogP contribution in [0.4, 0.5) is 18.4 Å². The maximum absolute atomic E-state index is 13.8. The van der Waals surface area contributed by atoms with Crippen LogP contribution >= 0.6 is 0 Å². The predicted molar refractivity (Wildman–Crippen MR) is 218 cm³/mol. The summed E-state index contributed by atoms with van der Waals surface area (Å²) >= 11 is 0. The number of alkyl carbamates (subject to hydrolysis) is 2. The number of carbonyl (C=O) groups is 4. The number of benzene rings is 3. The minimum absolute atomic E-state index is 0.0409. The summed E-state index contributed by atoms with van der Waals surface area (Å²) in [6.45, 7) is 4.58. The van der Waals surface area contributed by atoms with E-state index in [0.29, 0.717) is 42.4 Å². The van der Waals surface area contributed by atoms with E-state index in [0.717, 1.165) is 64.2 Å². The zero-order valence-corrected chi connectivity index (χ0v) is 34.6. The first-order chi connectivity index (χ1) is 29.3. The summed E-state index contributed by atoms with van der Waals surface area (Å²) in [7, 11) is 2.34. The number of hydrogen-bond donors (Lipinski definition) is 4. The van der Waals surface area contributed by atoms with Crippen LogP contribution in [0.2, 0.25) is 0 Å². The number of carbonyl (C=O) groups excluding carboxylic acids is 4. The SMILES string of the molecule is COC(=O)N[C@H](C(=O)N1[C@@H](C)CC[C@H]1c1ncc(-c2ccc3c(c2)COc2cc4c(ccc5[nH]c([C@@H]6CC[C@H](C)N6C(=O)[C@@H](NC(=O)OC)OC(F)F)nc54)cc2-3)[nH]1)C(C)C. The third-order valence-electron chi connectivity index (χ3n) is 12.0. The highest BCUT2D eigenvalue weighted by Crippen LogP contribution is 2.44. The lowest BCUT2D eigenvalue weighted by molar-refractivity contribution is -0.188. The van der Waals surface area contributed by atoms with Crippen LogP contribution in [0, 0.1) is 5.92 Å². The Labute approximate surface area is 349 Å². The Balaban J connectivity index is 1.04. The lowest BCUT2D eigenvalue weighted by Gasteiger charge is -2.32. The zero-order chi connectivity index (χ0) is 43.3. The smallest absolute Gasteiger partial charge is 0.409 e. The van der Waals surface area contributed by atoms with Crippen LogP contribution in [0.3, 0.4) is 0 Å². The number of imidazole rings is 2. The van der Waals surface area contributed by atoms with Crippen LogP contribution in [0.25, 0.3) is 44.2 Å². The van der Waals surface area contributed by atoms with Gasteiger partial charge < -0.3 is 39.3 Å². The molecule has 61 heavy (non-hydrogen) atoms. The molecule has 0 spiro atoms. The third kappa shape index (κ3) is 7.79. The molecule has 2 aromatic heterocycles. The van der Waals surface area contributed by atoms with Crippen molar-refractivity contribution in [3.63, 3.8) is 0 Å². The van der Waals surface area contributed by atoms with Crippen molar-refractivity contribution in [3.8, 4) is 28.1 Å². The molecule has 16 nitrogen and oxygen atoms in total. The van der Waals surface area contributed by atoms with Crippen molar-refractivity contribution in [3.05, 3.63) is 65.9 Å². The van der Waals surface area contributed by atoms with Gasteiger partial charge in [0, 0.05) is 23.0 Å². The summed E-state index contributed by atoms with van der Waals surface area (Å²) in [5.74, 6) is 0.672. The van der Waals surface area contributed by atoms with E-state index in [9.17, 15) is 28.0 Å². The third-order valence-corrected chi connectivity index (χ3v) is 12.0. The molecule has 6 atom stereocenters. The van der Waals surface area contributed by atoms with Gasteiger partial charge in [-0.2, -0.15) is 8.78 Å². The van der Waals surface area contributed by atoms with Gasteiger partial charge in [-0.1, -0.05) is 32.0 Å². The summed E-state index contributed by atoms with van der Waals surface area (Å²) in [5.41, 5.74) is 6.01. The molecule has 8 rings (SSSR count). The summed E-state index contributed by atoms with van der Waals surface area (Å²) < 4.78 is 46.8. The average Bonchev–Trinajstić information content (AvgIpc) is 4.06. The lowest BCUT2D eigenvalue weighted by Crippen LogP contribution is -2.52. The van der Waals surface area contributed by atoms with E-state index in [1.54, 1.807) is 13.1 Å². The van der Waals surface area contributed by atoms with Crippen molar-refractivity contribution in [2.45, 2.75) is 103 Å². The van der Waals surface area contributed by atoms with Crippen molar-refractivity contribution in [2.75, 3.05) is 14.2 Å². The van der Waals surface area contributed by atoms with Crippen molar-refractivity contribution >= 4 is 45.8 Å². The number of ether oxygens (including phenoxy) is 4. The number of halogens is 2. The van der Waals surface area contributed by atoms with Gasteiger partial charge in [-0.05, 0) is 91.8 Å². The molecule has 0 saturated carbocycles. The molecule has 322 valence electrons. The molecule has 18 heteroatoms. The quantitative estimate of drug-likeness (QED) is 0.106. The molecule has 2 saturated heterocycles. The monoisotopic (exact) mass is 842 g/mol. The number of fused-ring (bicyclic) bond motifs is 6. The van der Waals surface area contributed by atoms with Crippen LogP contribution in [0.5, 0.6) is 5.75 Å². The van der Waals surface area contributed by atoms with Gasteiger partial charge in [0.2, 0.25) is 12.1 Å². The van der Waals surface area contributed by atoms with Gasteiger partial charge >= 0.3 is 18.8 Å². The van der Waals surface area contributed by atoms with Crippen molar-refractivity contribution in [1.29, 1.82) is 0 Å². The standard InChI is InChI=1S/C43H48F2N8O8/c1-20(2)34(50-42(56)58-5)39(54)52-21(3)7-13-31(52)36-46-18-30(48-36)24-9-11-26-25(15-24)19-60-33-17-27-23(16-28(26)33)10-12-29-35(27)49-37(47-29)32-14-8-22(4)53(32)40(55)38(61-41(44)45)51-43(57)59-6/h9-12,15-18,20-22,31-32,34,38,41H,7-8,13-14,19H2,1-6H3,(H,46,48)(H,47,49)(H,50,56)(H,51,57)/t21-,22-,31-,32-,34-,38-/m0/s1. The van der Waals surface area contributed by atoms with Crippen LogP contribution < -0.4 is 15.4 Å². The van der Waals surface area contributed by atoms with Gasteiger partial charge in [0.25, 0.3) is 5.91 Å². The van der Waals surface area contributed by atoms with E-state index in [1.165, 1.54) is 12.0 Å². The first kappa shape index (κ1) is 41.4. The Bertz CT molecular complexity index is 2510. The van der Waals surface area contributed by atoms with Gasteiger partial charge in [0.05, 0.1) is 49.2 Å². The number of likely N-dealkylation sites (tertiary alicyclic amines) is 2. The second-order valence-corrected chi connectivity index (χ2v) is 16.1. The molecule has 5 aromatic rings. The molecule has 3 aromatic carbocycles. The topological polar surface area (TPSA) is 193 Å². The highest BCUT2D eigenvalue weighted by Gasteiger charge is 2.43. The van der Waals surface area contributed by atoms with Gasteiger partial charge in [-0.15, -0.1) is 0 Å². The van der Waals surface area contributed by atoms with Crippen LogP contribution in [0.15, 0.2) is 48.7 Å². The largest absolute Gasteiger partial charge is 0.488 e. The number of rotatable bonds is 10. The van der Waals surface area contributed by atoms with Gasteiger partial charge in [-0.3, -0.25) is 19.6 Å². The van der Waals surface area contributed by atoms with E-state index in [4.69, 9.17) is 19.4 Å². The molecule has 3 aliphatic heterocycles. The molecule has 4 amide bonds. The van der Waals surface area contributed by atoms with Crippen LogP contribution in [-0.2, 0) is 30.4 Å². The summed E-state index contributed by atoms with van der Waals surface area (Å²) in [6.07, 6.45) is 0.703. The predicted octanol–water partition coefficient (Wildman–Crippen LogP) is 7.07. The molecule has 3 aliphatic rings. The summed E-state index contributed by atoms with van der Waals surface area (Å²) in [4.78, 5) is 71.2. The second kappa shape index (κ2) is 16.6. The molecule has 0 bridgehead atoms.